The van der Waals surface area contributed by atoms with Crippen LogP contribution in [0, 0.1) is 11.8 Å². The third kappa shape index (κ3) is 8.15. The van der Waals surface area contributed by atoms with Gasteiger partial charge in [-0.3, -0.25) is 9.59 Å². The zero-order chi connectivity index (χ0) is 21.1. The highest BCUT2D eigenvalue weighted by molar-refractivity contribution is 5.79. The zero-order valence-electron chi connectivity index (χ0n) is 17.4. The van der Waals surface area contributed by atoms with Gasteiger partial charge in [0, 0.05) is 39.8 Å². The first-order valence-corrected chi connectivity index (χ1v) is 10.2. The summed E-state index contributed by atoms with van der Waals surface area (Å²) in [6.45, 7) is 6.34. The van der Waals surface area contributed by atoms with Gasteiger partial charge in [0.25, 0.3) is 0 Å². The first-order valence-electron chi connectivity index (χ1n) is 10.2. The quantitative estimate of drug-likeness (QED) is 0.290. The molecule has 2 aliphatic rings. The van der Waals surface area contributed by atoms with E-state index in [1.165, 1.54) is 0 Å². The lowest BCUT2D eigenvalue weighted by atomic mass is 10.3. The van der Waals surface area contributed by atoms with Crippen LogP contribution in [0.3, 0.4) is 0 Å². The van der Waals surface area contributed by atoms with E-state index in [1.54, 1.807) is 23.8 Å². The molecule has 0 radical (unpaired) electrons. The Morgan fingerprint density at radius 3 is 2.66 bits per heavy atom. The second-order valence-corrected chi connectivity index (χ2v) is 7.07. The molecule has 2 atom stereocenters. The molecule has 0 aromatic heterocycles. The molecule has 3 amide bonds. The molecule has 0 aromatic carbocycles. The number of methoxy groups -OCH3 is 1. The lowest BCUT2D eigenvalue weighted by molar-refractivity contribution is -0.145. The van der Waals surface area contributed by atoms with Crippen molar-refractivity contribution in [1.29, 1.82) is 0 Å². The molecular formula is C19H33N3O7. The minimum atomic E-state index is -0.201. The van der Waals surface area contributed by atoms with Gasteiger partial charge >= 0.3 is 12.0 Å². The lowest BCUT2D eigenvalue weighted by Gasteiger charge is -2.25. The Balaban J connectivity index is 1.76. The van der Waals surface area contributed by atoms with Gasteiger partial charge in [0.15, 0.2) is 0 Å². The monoisotopic (exact) mass is 415 g/mol. The molecule has 166 valence electrons. The minimum Gasteiger partial charge on any atom is -0.466 e. The van der Waals surface area contributed by atoms with Crippen LogP contribution >= 0.6 is 0 Å². The van der Waals surface area contributed by atoms with Crippen molar-refractivity contribution in [2.75, 3.05) is 79.5 Å². The fraction of sp³-hybridized carbons (Fsp3) is 0.842. The van der Waals surface area contributed by atoms with Crippen molar-refractivity contribution in [3.63, 3.8) is 0 Å². The number of rotatable bonds is 15. The number of nitrogens with zero attached hydrogens (tertiary/aromatic N) is 2. The number of urea groups is 1. The summed E-state index contributed by atoms with van der Waals surface area (Å²) in [5, 5.41) is 2.75. The summed E-state index contributed by atoms with van der Waals surface area (Å²) in [6.07, 6.45) is 0.723. The van der Waals surface area contributed by atoms with Crippen LogP contribution in [0.2, 0.25) is 0 Å². The van der Waals surface area contributed by atoms with Crippen molar-refractivity contribution in [1.82, 2.24) is 15.1 Å². The molecule has 1 aliphatic carbocycles. The normalized spacial score (nSPS) is 20.5. The number of nitrogens with one attached hydrogen (secondary N) is 1. The maximum atomic E-state index is 12.6. The molecule has 1 saturated heterocycles. The molecule has 1 N–H and O–H groups in total. The Morgan fingerprint density at radius 2 is 1.97 bits per heavy atom. The van der Waals surface area contributed by atoms with Crippen molar-refractivity contribution >= 4 is 17.9 Å². The minimum absolute atomic E-state index is 0.0589. The number of esters is 1. The summed E-state index contributed by atoms with van der Waals surface area (Å²) in [5.74, 6) is -0.400. The van der Waals surface area contributed by atoms with Gasteiger partial charge in [-0.15, -0.1) is 0 Å². The number of carbonyl (C=O) groups is 3. The van der Waals surface area contributed by atoms with Crippen LogP contribution in [0.4, 0.5) is 4.79 Å². The van der Waals surface area contributed by atoms with Crippen molar-refractivity contribution < 1.29 is 33.3 Å². The summed E-state index contributed by atoms with van der Waals surface area (Å²) >= 11 is 0. The number of hydrogen-bond donors (Lipinski definition) is 1. The highest BCUT2D eigenvalue weighted by atomic mass is 16.5. The number of ether oxygens (including phenoxy) is 4. The standard InChI is InChI=1S/C19H33N3O7/c1-3-29-18(24)16-12-15(16)13-22(7-6-21-5-4-20-19(21)25)17(23)14-28-11-10-27-9-8-26-2/h15-16H,3-14H2,1-2H3,(H,20,25)/t15-,16+/m1/s1. The van der Waals surface area contributed by atoms with Crippen LogP contribution in [-0.2, 0) is 28.5 Å². The fourth-order valence-electron chi connectivity index (χ4n) is 3.17. The molecule has 0 spiro atoms. The fourth-order valence-corrected chi connectivity index (χ4v) is 3.17. The first-order chi connectivity index (χ1) is 14.1. The van der Waals surface area contributed by atoms with Gasteiger partial charge in [-0.05, 0) is 19.3 Å². The average Bonchev–Trinajstić information content (AvgIpc) is 3.36. The second-order valence-electron chi connectivity index (χ2n) is 7.07. The van der Waals surface area contributed by atoms with Crippen LogP contribution < -0.4 is 5.32 Å². The maximum absolute atomic E-state index is 12.6. The van der Waals surface area contributed by atoms with Gasteiger partial charge < -0.3 is 34.1 Å². The van der Waals surface area contributed by atoms with Crippen molar-refractivity contribution in [2.45, 2.75) is 13.3 Å². The van der Waals surface area contributed by atoms with E-state index < -0.39 is 0 Å². The van der Waals surface area contributed by atoms with Crippen LogP contribution in [0.15, 0.2) is 0 Å². The summed E-state index contributed by atoms with van der Waals surface area (Å²) in [5.41, 5.74) is 0. The van der Waals surface area contributed by atoms with Crippen LogP contribution in [0.5, 0.6) is 0 Å². The summed E-state index contributed by atoms with van der Waals surface area (Å²) < 4.78 is 20.7. The largest absolute Gasteiger partial charge is 0.466 e. The van der Waals surface area contributed by atoms with Gasteiger partial charge in [0.05, 0.1) is 39.0 Å². The highest BCUT2D eigenvalue weighted by Gasteiger charge is 2.45. The number of amides is 3. The Bertz CT molecular complexity index is 546. The predicted octanol–water partition coefficient (Wildman–Crippen LogP) is -0.281. The highest BCUT2D eigenvalue weighted by Crippen LogP contribution is 2.40. The van der Waals surface area contributed by atoms with Gasteiger partial charge in [-0.2, -0.15) is 0 Å². The van der Waals surface area contributed by atoms with E-state index in [1.807, 2.05) is 0 Å². The van der Waals surface area contributed by atoms with Crippen LogP contribution in [-0.4, -0.2) is 107 Å². The molecule has 0 bridgehead atoms. The Labute approximate surface area is 171 Å². The molecule has 1 aliphatic heterocycles. The summed E-state index contributed by atoms with van der Waals surface area (Å²) in [6, 6.07) is -0.113. The molecular weight excluding hydrogens is 382 g/mol. The SMILES string of the molecule is CCOC(=O)[C@H]1C[C@@H]1CN(CCN1CCNC1=O)C(=O)COCCOCCOC. The third-order valence-electron chi connectivity index (χ3n) is 4.93. The molecule has 1 saturated carbocycles. The summed E-state index contributed by atoms with van der Waals surface area (Å²) in [7, 11) is 1.60. The van der Waals surface area contributed by atoms with E-state index in [4.69, 9.17) is 18.9 Å². The molecule has 29 heavy (non-hydrogen) atoms. The number of hydrogen-bond acceptors (Lipinski definition) is 7. The predicted molar refractivity (Wildman–Crippen MR) is 103 cm³/mol. The van der Waals surface area contributed by atoms with Gasteiger partial charge in [0.1, 0.15) is 6.61 Å². The second kappa shape index (κ2) is 12.6. The Hall–Kier alpha value is -1.91. The van der Waals surface area contributed by atoms with Crippen LogP contribution in [0.1, 0.15) is 13.3 Å². The van der Waals surface area contributed by atoms with E-state index in [9.17, 15) is 14.4 Å². The van der Waals surface area contributed by atoms with Gasteiger partial charge in [-0.1, -0.05) is 0 Å². The number of carbonyl (C=O) groups excluding carboxylic acids is 3. The molecule has 10 nitrogen and oxygen atoms in total. The smallest absolute Gasteiger partial charge is 0.317 e. The van der Waals surface area contributed by atoms with E-state index >= 15 is 0 Å². The first kappa shape index (κ1) is 23.4. The van der Waals surface area contributed by atoms with Crippen molar-refractivity contribution in [3.8, 4) is 0 Å². The van der Waals surface area contributed by atoms with E-state index in [0.29, 0.717) is 65.8 Å². The van der Waals surface area contributed by atoms with Gasteiger partial charge in [-0.25, -0.2) is 4.79 Å². The van der Waals surface area contributed by atoms with Crippen molar-refractivity contribution in [2.24, 2.45) is 11.8 Å². The van der Waals surface area contributed by atoms with E-state index in [-0.39, 0.29) is 36.4 Å². The molecule has 2 rings (SSSR count). The molecule has 2 fully saturated rings. The molecule has 1 heterocycles. The molecule has 0 aromatic rings. The maximum Gasteiger partial charge on any atom is 0.317 e. The summed E-state index contributed by atoms with van der Waals surface area (Å²) in [4.78, 5) is 39.6. The third-order valence-corrected chi connectivity index (χ3v) is 4.93. The lowest BCUT2D eigenvalue weighted by Crippen LogP contribution is -2.42. The molecule has 10 heteroatoms. The topological polar surface area (TPSA) is 107 Å². The van der Waals surface area contributed by atoms with E-state index in [2.05, 4.69) is 5.32 Å². The Morgan fingerprint density at radius 1 is 1.21 bits per heavy atom. The molecule has 0 unspecified atom stereocenters. The average molecular weight is 415 g/mol. The van der Waals surface area contributed by atoms with E-state index in [0.717, 1.165) is 6.42 Å². The van der Waals surface area contributed by atoms with Crippen LogP contribution in [0.25, 0.3) is 0 Å². The van der Waals surface area contributed by atoms with Crippen molar-refractivity contribution in [3.05, 3.63) is 0 Å². The van der Waals surface area contributed by atoms with Gasteiger partial charge in [0.2, 0.25) is 5.91 Å². The Kier molecular flexibility index (Phi) is 10.2. The zero-order valence-corrected chi connectivity index (χ0v) is 17.4.